The number of phenols is 2. The Bertz CT molecular complexity index is 1400. The topological polar surface area (TPSA) is 200 Å². The van der Waals surface area contributed by atoms with E-state index < -0.39 is 52.9 Å². The molecule has 11 nitrogen and oxygen atoms in total. The Hall–Kier alpha value is -0.741. The smallest absolute Gasteiger partial charge is 0.506 e. The van der Waals surface area contributed by atoms with Crippen LogP contribution < -0.4 is 64.8 Å². The van der Waals surface area contributed by atoms with E-state index in [2.05, 4.69) is 10.2 Å². The van der Waals surface area contributed by atoms with E-state index in [0.29, 0.717) is 0 Å². The standard InChI is InChI=1S/C16H13N3O8S2.Cu.2Na/c17-9-1-3-11-8(5-9)6-14(29(25,26)27)15(16(11)21)19-18-12-7-10(28(22,23)24)2-4-13(12)20;;;/h1-7,20-21H,17H2,(H,22,23,24)(H,25,26,27);;;/q;;2*+1. The molecule has 1 radical (unpaired) electrons. The molecule has 0 amide bonds. The van der Waals surface area contributed by atoms with Gasteiger partial charge in [0.05, 0.1) is 4.90 Å². The zero-order valence-electron chi connectivity index (χ0n) is 16.6. The van der Waals surface area contributed by atoms with Gasteiger partial charge in [0.15, 0.2) is 5.75 Å². The van der Waals surface area contributed by atoms with Gasteiger partial charge in [-0.25, -0.2) is 0 Å². The Morgan fingerprint density at radius 3 is 2.00 bits per heavy atom. The Morgan fingerprint density at radius 1 is 0.812 bits per heavy atom. The Morgan fingerprint density at radius 2 is 1.44 bits per heavy atom. The number of hydrogen-bond donors (Lipinski definition) is 5. The molecule has 3 aromatic carbocycles. The van der Waals surface area contributed by atoms with Crippen molar-refractivity contribution in [1.82, 2.24) is 0 Å². The van der Waals surface area contributed by atoms with Gasteiger partial charge < -0.3 is 15.9 Å². The molecule has 0 saturated carbocycles. The molecule has 0 saturated heterocycles. The van der Waals surface area contributed by atoms with E-state index in [4.69, 9.17) is 10.3 Å². The summed E-state index contributed by atoms with van der Waals surface area (Å²) >= 11 is 0. The van der Waals surface area contributed by atoms with Crippen LogP contribution in [0.2, 0.25) is 0 Å². The maximum atomic E-state index is 11.7. The van der Waals surface area contributed by atoms with Gasteiger partial charge in [-0.1, -0.05) is 0 Å². The predicted octanol–water partition coefficient (Wildman–Crippen LogP) is -3.25. The summed E-state index contributed by atoms with van der Waals surface area (Å²) in [6.45, 7) is 0. The molecule has 0 atom stereocenters. The Labute approximate surface area is 237 Å². The first-order valence-corrected chi connectivity index (χ1v) is 10.5. The minimum absolute atomic E-state index is 0. The first kappa shape index (κ1) is 31.3. The molecule has 16 heteroatoms. The van der Waals surface area contributed by atoms with Crippen LogP contribution in [0, 0.1) is 0 Å². The maximum absolute atomic E-state index is 11.7. The van der Waals surface area contributed by atoms with Crippen LogP contribution in [0.25, 0.3) is 10.8 Å². The Kier molecular flexibility index (Phi) is 11.3. The first-order chi connectivity index (χ1) is 13.4. The zero-order chi connectivity index (χ0) is 21.6. The average molecular weight is 549 g/mol. The van der Waals surface area contributed by atoms with Crippen molar-refractivity contribution in [3.05, 3.63) is 42.5 Å². The molecule has 0 heterocycles. The minimum atomic E-state index is -4.86. The summed E-state index contributed by atoms with van der Waals surface area (Å²) in [7, 11) is -9.47. The third-order valence-electron chi connectivity index (χ3n) is 3.86. The fourth-order valence-corrected chi connectivity index (χ4v) is 3.67. The van der Waals surface area contributed by atoms with E-state index in [1.807, 2.05) is 0 Å². The van der Waals surface area contributed by atoms with Crippen molar-refractivity contribution in [3.8, 4) is 11.5 Å². The molecule has 6 N–H and O–H groups in total. The summed E-state index contributed by atoms with van der Waals surface area (Å²) in [6.07, 6.45) is 0. The van der Waals surface area contributed by atoms with E-state index in [1.165, 1.54) is 18.2 Å². The number of rotatable bonds is 4. The van der Waals surface area contributed by atoms with Gasteiger partial charge in [-0.3, -0.25) is 9.11 Å². The summed E-state index contributed by atoms with van der Waals surface area (Å²) in [5.41, 5.74) is 4.82. The molecule has 0 fully saturated rings. The summed E-state index contributed by atoms with van der Waals surface area (Å²) in [4.78, 5) is -1.39. The van der Waals surface area contributed by atoms with Gasteiger partial charge >= 0.3 is 59.1 Å². The Balaban J connectivity index is 0.00000320. The van der Waals surface area contributed by atoms with E-state index in [1.54, 1.807) is 0 Å². The molecule has 0 spiro atoms. The maximum Gasteiger partial charge on any atom is 1.00 e. The van der Waals surface area contributed by atoms with E-state index in [9.17, 15) is 31.6 Å². The van der Waals surface area contributed by atoms with Crippen LogP contribution in [-0.4, -0.2) is 36.2 Å². The third-order valence-corrected chi connectivity index (χ3v) is 5.57. The van der Waals surface area contributed by atoms with Gasteiger partial charge in [-0.05, 0) is 47.9 Å². The number of hydrogen-bond acceptors (Lipinski definition) is 9. The second kappa shape index (κ2) is 11.6. The quantitative estimate of drug-likeness (QED) is 0.0960. The van der Waals surface area contributed by atoms with Crippen molar-refractivity contribution in [1.29, 1.82) is 0 Å². The molecule has 3 aromatic rings. The molecule has 32 heavy (non-hydrogen) atoms. The number of aromatic hydroxyl groups is 2. The second-order valence-electron chi connectivity index (χ2n) is 5.85. The average Bonchev–Trinajstić information content (AvgIpc) is 2.60. The summed E-state index contributed by atoms with van der Waals surface area (Å²) in [5, 5.41) is 27.7. The van der Waals surface area contributed by atoms with Crippen LogP contribution in [-0.2, 0) is 37.3 Å². The summed E-state index contributed by atoms with van der Waals surface area (Å²) in [5.74, 6) is -1.19. The van der Waals surface area contributed by atoms with Crippen molar-refractivity contribution >= 4 is 48.1 Å². The number of fused-ring (bicyclic) bond motifs is 1. The van der Waals surface area contributed by atoms with Crippen LogP contribution in [0.4, 0.5) is 17.1 Å². The minimum Gasteiger partial charge on any atom is -0.506 e. The SMILES string of the molecule is Nc1ccc2c(O)c(N=Nc3cc(S(=O)(=O)O)ccc3O)c(S(=O)(=O)O)cc2c1.[Cu].[Na+].[Na+]. The van der Waals surface area contributed by atoms with Crippen LogP contribution in [0.1, 0.15) is 0 Å². The summed E-state index contributed by atoms with van der Waals surface area (Å²) < 4.78 is 64.5. The number of phenolic OH excluding ortho intramolecular Hbond substituents is 2. The zero-order valence-corrected chi connectivity index (χ0v) is 23.1. The second-order valence-corrected chi connectivity index (χ2v) is 8.66. The van der Waals surface area contributed by atoms with Gasteiger partial charge in [0.2, 0.25) is 0 Å². The third kappa shape index (κ3) is 6.88. The molecular weight excluding hydrogens is 536 g/mol. The number of nitrogens with zero attached hydrogens (tertiary/aromatic N) is 2. The normalized spacial score (nSPS) is 11.4. The van der Waals surface area contributed by atoms with E-state index in [-0.39, 0.29) is 92.6 Å². The van der Waals surface area contributed by atoms with Crippen LogP contribution >= 0.6 is 0 Å². The molecular formula is C16H13CuN3Na2O8S2+2. The summed E-state index contributed by atoms with van der Waals surface area (Å²) in [6, 6.07) is 7.83. The van der Waals surface area contributed by atoms with Crippen molar-refractivity contribution < 1.29 is 112 Å². The number of benzene rings is 3. The van der Waals surface area contributed by atoms with E-state index >= 15 is 0 Å². The number of nitrogens with two attached hydrogens (primary N) is 1. The van der Waals surface area contributed by atoms with Gasteiger partial charge in [0.25, 0.3) is 20.2 Å². The fraction of sp³-hybridized carbons (Fsp3) is 0. The van der Waals surface area contributed by atoms with Crippen LogP contribution in [0.15, 0.2) is 62.5 Å². The molecule has 163 valence electrons. The van der Waals surface area contributed by atoms with Gasteiger partial charge in [0, 0.05) is 28.1 Å². The number of nitrogen functional groups attached to an aromatic ring is 1. The molecule has 3 rings (SSSR count). The van der Waals surface area contributed by atoms with Gasteiger partial charge in [-0.15, -0.1) is 10.2 Å². The van der Waals surface area contributed by atoms with Gasteiger partial charge in [0.1, 0.15) is 22.0 Å². The molecule has 0 aliphatic heterocycles. The monoisotopic (exact) mass is 548 g/mol. The van der Waals surface area contributed by atoms with Crippen molar-refractivity contribution in [2.45, 2.75) is 9.79 Å². The predicted molar refractivity (Wildman–Crippen MR) is 102 cm³/mol. The van der Waals surface area contributed by atoms with Crippen LogP contribution in [0.5, 0.6) is 11.5 Å². The molecule has 0 aromatic heterocycles. The molecule has 0 unspecified atom stereocenters. The molecule has 0 aliphatic carbocycles. The van der Waals surface area contributed by atoms with Crippen LogP contribution in [0.3, 0.4) is 0 Å². The largest absolute Gasteiger partial charge is 1.00 e. The molecule has 0 aliphatic rings. The van der Waals surface area contributed by atoms with Crippen molar-refractivity contribution in [2.24, 2.45) is 10.2 Å². The molecule has 0 bridgehead atoms. The number of anilines is 1. The number of azo groups is 1. The first-order valence-electron chi connectivity index (χ1n) is 7.63. The van der Waals surface area contributed by atoms with Gasteiger partial charge in [-0.2, -0.15) is 16.8 Å². The fourth-order valence-electron chi connectivity index (χ4n) is 2.51. The van der Waals surface area contributed by atoms with E-state index in [0.717, 1.165) is 24.3 Å². The van der Waals surface area contributed by atoms with Crippen molar-refractivity contribution in [3.63, 3.8) is 0 Å². The van der Waals surface area contributed by atoms with Crippen molar-refractivity contribution in [2.75, 3.05) is 5.73 Å².